The molecule has 5 heteroatoms. The maximum atomic E-state index is 12.2. The van der Waals surface area contributed by atoms with Gasteiger partial charge in [0.25, 0.3) is 0 Å². The molecule has 114 valence electrons. The molecule has 1 aliphatic rings. The van der Waals surface area contributed by atoms with E-state index in [2.05, 4.69) is 11.9 Å². The fourth-order valence-corrected chi connectivity index (χ4v) is 2.23. The standard InChI is InChI=1S/C16H22N2O3/c1-3-13-4-6-14(7-5-13)17-16(19)18-9-11-21-15(12-18)8-10-20-2/h3-7,15H,1,8-12H2,2H3,(H,17,19). The predicted octanol–water partition coefficient (Wildman–Crippen LogP) is 2.60. The molecule has 1 N–H and O–H groups in total. The van der Waals surface area contributed by atoms with Gasteiger partial charge >= 0.3 is 6.03 Å². The predicted molar refractivity (Wildman–Crippen MR) is 83.4 cm³/mol. The molecule has 1 aromatic rings. The van der Waals surface area contributed by atoms with Crippen molar-refractivity contribution in [1.29, 1.82) is 0 Å². The Bertz CT molecular complexity index is 473. The molecule has 2 rings (SSSR count). The first-order chi connectivity index (χ1) is 10.2. The average Bonchev–Trinajstić information content (AvgIpc) is 2.54. The lowest BCUT2D eigenvalue weighted by Crippen LogP contribution is -2.47. The summed E-state index contributed by atoms with van der Waals surface area (Å²) < 4.78 is 10.7. The number of nitrogens with zero attached hydrogens (tertiary/aromatic N) is 1. The van der Waals surface area contributed by atoms with Gasteiger partial charge in [-0.3, -0.25) is 0 Å². The minimum Gasteiger partial charge on any atom is -0.385 e. The zero-order chi connectivity index (χ0) is 15.1. The number of methoxy groups -OCH3 is 1. The maximum absolute atomic E-state index is 12.2. The van der Waals surface area contributed by atoms with E-state index in [0.717, 1.165) is 17.7 Å². The van der Waals surface area contributed by atoms with Crippen molar-refractivity contribution in [2.75, 3.05) is 38.7 Å². The van der Waals surface area contributed by atoms with Crippen LogP contribution in [0.1, 0.15) is 12.0 Å². The highest BCUT2D eigenvalue weighted by Crippen LogP contribution is 2.13. The van der Waals surface area contributed by atoms with Gasteiger partial charge in [-0.1, -0.05) is 24.8 Å². The van der Waals surface area contributed by atoms with Crippen molar-refractivity contribution in [2.24, 2.45) is 0 Å². The summed E-state index contributed by atoms with van der Waals surface area (Å²) in [4.78, 5) is 14.0. The van der Waals surface area contributed by atoms with Crippen LogP contribution in [0.5, 0.6) is 0 Å². The fraction of sp³-hybridized carbons (Fsp3) is 0.438. The third-order valence-corrected chi connectivity index (χ3v) is 3.47. The van der Waals surface area contributed by atoms with Gasteiger partial charge in [-0.05, 0) is 24.1 Å². The second kappa shape index (κ2) is 7.81. The first-order valence-electron chi connectivity index (χ1n) is 7.12. The topological polar surface area (TPSA) is 50.8 Å². The Labute approximate surface area is 125 Å². The number of amides is 2. The lowest BCUT2D eigenvalue weighted by atomic mass is 10.2. The van der Waals surface area contributed by atoms with E-state index in [1.165, 1.54) is 0 Å². The quantitative estimate of drug-likeness (QED) is 0.907. The highest BCUT2D eigenvalue weighted by molar-refractivity contribution is 5.89. The number of rotatable bonds is 5. The van der Waals surface area contributed by atoms with E-state index in [-0.39, 0.29) is 12.1 Å². The van der Waals surface area contributed by atoms with Crippen LogP contribution in [0.2, 0.25) is 0 Å². The number of anilines is 1. The van der Waals surface area contributed by atoms with Crippen LogP contribution in [0, 0.1) is 0 Å². The highest BCUT2D eigenvalue weighted by atomic mass is 16.5. The molecule has 0 spiro atoms. The molecule has 5 nitrogen and oxygen atoms in total. The van der Waals surface area contributed by atoms with Gasteiger partial charge in [0.15, 0.2) is 0 Å². The minimum atomic E-state index is -0.0907. The van der Waals surface area contributed by atoms with Crippen LogP contribution in [0.25, 0.3) is 6.08 Å². The number of morpholine rings is 1. The molecule has 0 aliphatic carbocycles. The van der Waals surface area contributed by atoms with Gasteiger partial charge in [-0.25, -0.2) is 4.79 Å². The molecular weight excluding hydrogens is 268 g/mol. The zero-order valence-electron chi connectivity index (χ0n) is 12.4. The van der Waals surface area contributed by atoms with Gasteiger partial charge in [0.2, 0.25) is 0 Å². The van der Waals surface area contributed by atoms with Crippen molar-refractivity contribution in [2.45, 2.75) is 12.5 Å². The van der Waals surface area contributed by atoms with E-state index >= 15 is 0 Å². The summed E-state index contributed by atoms with van der Waals surface area (Å²) in [6.07, 6.45) is 2.62. The summed E-state index contributed by atoms with van der Waals surface area (Å²) >= 11 is 0. The number of carbonyl (C=O) groups is 1. The van der Waals surface area contributed by atoms with E-state index in [1.54, 1.807) is 18.1 Å². The van der Waals surface area contributed by atoms with Crippen molar-refractivity contribution in [3.63, 3.8) is 0 Å². The van der Waals surface area contributed by atoms with Crippen molar-refractivity contribution in [3.8, 4) is 0 Å². The lowest BCUT2D eigenvalue weighted by molar-refractivity contribution is -0.0260. The van der Waals surface area contributed by atoms with Crippen molar-refractivity contribution >= 4 is 17.8 Å². The van der Waals surface area contributed by atoms with Crippen LogP contribution in [-0.2, 0) is 9.47 Å². The molecule has 1 unspecified atom stereocenters. The third-order valence-electron chi connectivity index (χ3n) is 3.47. The smallest absolute Gasteiger partial charge is 0.322 e. The number of hydrogen-bond donors (Lipinski definition) is 1. The molecular formula is C16H22N2O3. The monoisotopic (exact) mass is 290 g/mol. The van der Waals surface area contributed by atoms with E-state index in [9.17, 15) is 4.79 Å². The van der Waals surface area contributed by atoms with Gasteiger partial charge < -0.3 is 19.7 Å². The summed E-state index contributed by atoms with van der Waals surface area (Å²) in [5.74, 6) is 0. The molecule has 1 saturated heterocycles. The normalized spacial score (nSPS) is 18.3. The Hall–Kier alpha value is -1.85. The summed E-state index contributed by atoms with van der Waals surface area (Å²) in [6, 6.07) is 7.49. The van der Waals surface area contributed by atoms with Gasteiger partial charge in [-0.15, -0.1) is 0 Å². The summed E-state index contributed by atoms with van der Waals surface area (Å²) in [6.45, 7) is 6.13. The second-order valence-electron chi connectivity index (χ2n) is 4.98. The molecule has 1 aliphatic heterocycles. The van der Waals surface area contributed by atoms with Crippen LogP contribution < -0.4 is 5.32 Å². The molecule has 0 saturated carbocycles. The van der Waals surface area contributed by atoms with Gasteiger partial charge in [0.05, 0.1) is 12.7 Å². The number of urea groups is 1. The first kappa shape index (κ1) is 15.5. The zero-order valence-corrected chi connectivity index (χ0v) is 12.4. The highest BCUT2D eigenvalue weighted by Gasteiger charge is 2.23. The molecule has 1 aromatic carbocycles. The van der Waals surface area contributed by atoms with Crippen LogP contribution in [0.3, 0.4) is 0 Å². The van der Waals surface area contributed by atoms with Gasteiger partial charge in [-0.2, -0.15) is 0 Å². The third kappa shape index (κ3) is 4.58. The molecule has 0 radical (unpaired) electrons. The molecule has 0 aromatic heterocycles. The largest absolute Gasteiger partial charge is 0.385 e. The second-order valence-corrected chi connectivity index (χ2v) is 4.98. The average molecular weight is 290 g/mol. The first-order valence-corrected chi connectivity index (χ1v) is 7.12. The van der Waals surface area contributed by atoms with Crippen molar-refractivity contribution in [3.05, 3.63) is 36.4 Å². The number of ether oxygens (including phenoxy) is 2. The summed E-state index contributed by atoms with van der Waals surface area (Å²) in [5.41, 5.74) is 1.81. The van der Waals surface area contributed by atoms with Crippen molar-refractivity contribution in [1.82, 2.24) is 4.90 Å². The number of benzene rings is 1. The van der Waals surface area contributed by atoms with E-state index in [0.29, 0.717) is 26.3 Å². The Morgan fingerprint density at radius 2 is 2.29 bits per heavy atom. The fourth-order valence-electron chi connectivity index (χ4n) is 2.23. The summed E-state index contributed by atoms with van der Waals surface area (Å²) in [5, 5.41) is 2.91. The van der Waals surface area contributed by atoms with Crippen LogP contribution >= 0.6 is 0 Å². The number of hydrogen-bond acceptors (Lipinski definition) is 3. The lowest BCUT2D eigenvalue weighted by Gasteiger charge is -2.32. The number of nitrogens with one attached hydrogen (secondary N) is 1. The molecule has 0 bridgehead atoms. The SMILES string of the molecule is C=Cc1ccc(NC(=O)N2CCOC(CCOC)C2)cc1. The molecule has 21 heavy (non-hydrogen) atoms. The Kier molecular flexibility index (Phi) is 5.78. The molecule has 1 fully saturated rings. The van der Waals surface area contributed by atoms with E-state index in [4.69, 9.17) is 9.47 Å². The molecule has 1 atom stereocenters. The molecule has 2 amide bonds. The summed E-state index contributed by atoms with van der Waals surface area (Å²) in [7, 11) is 1.67. The van der Waals surface area contributed by atoms with Crippen LogP contribution in [0.4, 0.5) is 10.5 Å². The Morgan fingerprint density at radius 3 is 2.95 bits per heavy atom. The molecule has 1 heterocycles. The van der Waals surface area contributed by atoms with E-state index < -0.39 is 0 Å². The van der Waals surface area contributed by atoms with Crippen molar-refractivity contribution < 1.29 is 14.3 Å². The van der Waals surface area contributed by atoms with E-state index in [1.807, 2.05) is 24.3 Å². The van der Waals surface area contributed by atoms with Crippen LogP contribution in [0.15, 0.2) is 30.8 Å². The Morgan fingerprint density at radius 1 is 1.52 bits per heavy atom. The maximum Gasteiger partial charge on any atom is 0.322 e. The van der Waals surface area contributed by atoms with Gasteiger partial charge in [0, 0.05) is 32.5 Å². The number of carbonyl (C=O) groups excluding carboxylic acids is 1. The van der Waals surface area contributed by atoms with Gasteiger partial charge in [0.1, 0.15) is 0 Å². The van der Waals surface area contributed by atoms with Crippen LogP contribution in [-0.4, -0.2) is 50.4 Å². The minimum absolute atomic E-state index is 0.0487. The Balaban J connectivity index is 1.88.